The molecule has 1 heterocycles. The molecule has 0 saturated carbocycles. The highest BCUT2D eigenvalue weighted by molar-refractivity contribution is 14.1. The van der Waals surface area contributed by atoms with Crippen LogP contribution in [-0.2, 0) is 0 Å². The van der Waals surface area contributed by atoms with Crippen molar-refractivity contribution in [1.82, 2.24) is 0 Å². The minimum Gasteiger partial charge on any atom is -0.320 e. The number of aryl methyl sites for hydroxylation is 2. The largest absolute Gasteiger partial charge is 0.320 e. The smallest absolute Gasteiger partial charge is 0.0660 e. The normalized spacial score (nSPS) is 12.8. The molecule has 2 rings (SSSR count). The van der Waals surface area contributed by atoms with Gasteiger partial charge in [-0.05, 0) is 71.8 Å². The van der Waals surface area contributed by atoms with Crippen LogP contribution in [0.5, 0.6) is 0 Å². The van der Waals surface area contributed by atoms with Crippen LogP contribution in [0.2, 0.25) is 0 Å². The van der Waals surface area contributed by atoms with E-state index in [1.165, 1.54) is 18.9 Å². The Balaban J connectivity index is 2.46. The monoisotopic (exact) mass is 421 g/mol. The lowest BCUT2D eigenvalue weighted by molar-refractivity contribution is 0.878. The van der Waals surface area contributed by atoms with Crippen LogP contribution in [0.4, 0.5) is 0 Å². The van der Waals surface area contributed by atoms with Gasteiger partial charge in [0.05, 0.1) is 6.04 Å². The maximum atomic E-state index is 6.38. The van der Waals surface area contributed by atoms with Crippen LogP contribution < -0.4 is 5.73 Å². The summed E-state index contributed by atoms with van der Waals surface area (Å²) in [4.78, 5) is 2.57. The van der Waals surface area contributed by atoms with Gasteiger partial charge >= 0.3 is 0 Å². The maximum absolute atomic E-state index is 6.38. The molecule has 0 radical (unpaired) electrons. The summed E-state index contributed by atoms with van der Waals surface area (Å²) in [6.07, 6.45) is 0. The second kappa shape index (κ2) is 5.38. The van der Waals surface area contributed by atoms with E-state index in [2.05, 4.69) is 76.6 Å². The van der Waals surface area contributed by atoms with Crippen molar-refractivity contribution in [3.63, 3.8) is 0 Å². The number of halogens is 2. The molecule has 0 saturated heterocycles. The SMILES string of the molecule is Cc1cc(C)c(C(N)c2cc(I)ccc2Br)s1. The zero-order valence-corrected chi connectivity index (χ0v) is 14.2. The lowest BCUT2D eigenvalue weighted by Gasteiger charge is -2.14. The van der Waals surface area contributed by atoms with Crippen LogP contribution in [0, 0.1) is 17.4 Å². The summed E-state index contributed by atoms with van der Waals surface area (Å²) in [6.45, 7) is 4.25. The Labute approximate surface area is 128 Å². The third-order valence-corrected chi connectivity index (χ3v) is 5.28. The molecule has 0 aliphatic heterocycles. The minimum atomic E-state index is -0.0437. The summed E-state index contributed by atoms with van der Waals surface area (Å²) >= 11 is 7.68. The maximum Gasteiger partial charge on any atom is 0.0660 e. The molecule has 0 fully saturated rings. The van der Waals surface area contributed by atoms with Crippen molar-refractivity contribution in [3.8, 4) is 0 Å². The summed E-state index contributed by atoms with van der Waals surface area (Å²) in [5.74, 6) is 0. The van der Waals surface area contributed by atoms with E-state index in [1.54, 1.807) is 11.3 Å². The van der Waals surface area contributed by atoms with Gasteiger partial charge in [0.2, 0.25) is 0 Å². The summed E-state index contributed by atoms with van der Waals surface area (Å²) < 4.78 is 2.29. The average Bonchev–Trinajstić information content (AvgIpc) is 2.60. The van der Waals surface area contributed by atoms with Crippen molar-refractivity contribution in [2.45, 2.75) is 19.9 Å². The first kappa shape index (κ1) is 13.5. The standard InChI is InChI=1S/C13H13BrINS/c1-7-5-8(2)17-13(7)12(16)10-6-9(15)3-4-11(10)14/h3-6,12H,16H2,1-2H3. The Bertz CT molecular complexity index is 550. The number of hydrogen-bond acceptors (Lipinski definition) is 2. The molecule has 0 spiro atoms. The Kier molecular flexibility index (Phi) is 4.28. The second-order valence-electron chi connectivity index (χ2n) is 4.05. The van der Waals surface area contributed by atoms with Crippen molar-refractivity contribution in [3.05, 3.63) is 53.2 Å². The molecular formula is C13H13BrINS. The summed E-state index contributed by atoms with van der Waals surface area (Å²) in [5, 5.41) is 0. The van der Waals surface area contributed by atoms with Gasteiger partial charge in [0.15, 0.2) is 0 Å². The highest BCUT2D eigenvalue weighted by Crippen LogP contribution is 2.34. The van der Waals surface area contributed by atoms with Crippen LogP contribution in [0.25, 0.3) is 0 Å². The number of rotatable bonds is 2. The molecule has 17 heavy (non-hydrogen) atoms. The molecule has 1 atom stereocenters. The highest BCUT2D eigenvalue weighted by atomic mass is 127. The van der Waals surface area contributed by atoms with Gasteiger partial charge in [0, 0.05) is 17.8 Å². The predicted molar refractivity (Wildman–Crippen MR) is 86.7 cm³/mol. The first-order valence-corrected chi connectivity index (χ1v) is 7.95. The molecule has 1 aromatic carbocycles. The molecule has 0 bridgehead atoms. The van der Waals surface area contributed by atoms with Crippen LogP contribution in [-0.4, -0.2) is 0 Å². The third-order valence-electron chi connectivity index (χ3n) is 2.65. The third kappa shape index (κ3) is 2.92. The van der Waals surface area contributed by atoms with Crippen molar-refractivity contribution < 1.29 is 0 Å². The summed E-state index contributed by atoms with van der Waals surface area (Å²) in [5.41, 5.74) is 8.81. The van der Waals surface area contributed by atoms with E-state index in [0.717, 1.165) is 10.0 Å². The van der Waals surface area contributed by atoms with E-state index >= 15 is 0 Å². The zero-order chi connectivity index (χ0) is 12.6. The Morgan fingerprint density at radius 2 is 2.00 bits per heavy atom. The first-order chi connectivity index (χ1) is 7.99. The van der Waals surface area contributed by atoms with E-state index in [9.17, 15) is 0 Å². The fraction of sp³-hybridized carbons (Fsp3) is 0.231. The van der Waals surface area contributed by atoms with Gasteiger partial charge in [-0.25, -0.2) is 0 Å². The van der Waals surface area contributed by atoms with Crippen molar-refractivity contribution in [2.75, 3.05) is 0 Å². The van der Waals surface area contributed by atoms with Crippen molar-refractivity contribution in [2.24, 2.45) is 5.73 Å². The van der Waals surface area contributed by atoms with Gasteiger partial charge in [-0.1, -0.05) is 15.9 Å². The minimum absolute atomic E-state index is 0.0437. The van der Waals surface area contributed by atoms with Crippen LogP contribution in [0.15, 0.2) is 28.7 Å². The van der Waals surface area contributed by atoms with E-state index in [1.807, 2.05) is 0 Å². The number of nitrogens with two attached hydrogens (primary N) is 1. The molecular weight excluding hydrogens is 409 g/mol. The van der Waals surface area contributed by atoms with Crippen molar-refractivity contribution in [1.29, 1.82) is 0 Å². The van der Waals surface area contributed by atoms with Crippen LogP contribution in [0.3, 0.4) is 0 Å². The van der Waals surface area contributed by atoms with Gasteiger partial charge in [-0.15, -0.1) is 11.3 Å². The Morgan fingerprint density at radius 1 is 1.29 bits per heavy atom. The lowest BCUT2D eigenvalue weighted by Crippen LogP contribution is -2.12. The van der Waals surface area contributed by atoms with Gasteiger partial charge in [0.25, 0.3) is 0 Å². The molecule has 90 valence electrons. The van der Waals surface area contributed by atoms with E-state index in [-0.39, 0.29) is 6.04 Å². The molecule has 1 unspecified atom stereocenters. The fourth-order valence-corrected chi connectivity index (χ4v) is 3.93. The summed E-state index contributed by atoms with van der Waals surface area (Å²) in [7, 11) is 0. The highest BCUT2D eigenvalue weighted by Gasteiger charge is 2.16. The Hall–Kier alpha value is 0.0900. The molecule has 1 aromatic heterocycles. The number of benzene rings is 1. The van der Waals surface area contributed by atoms with E-state index in [4.69, 9.17) is 5.73 Å². The summed E-state index contributed by atoms with van der Waals surface area (Å²) in [6, 6.07) is 8.43. The second-order valence-corrected chi connectivity index (χ2v) is 7.44. The number of hydrogen-bond donors (Lipinski definition) is 1. The molecule has 0 aliphatic carbocycles. The zero-order valence-electron chi connectivity index (χ0n) is 9.63. The number of thiophene rings is 1. The molecule has 1 nitrogen and oxygen atoms in total. The van der Waals surface area contributed by atoms with Gasteiger partial charge in [0.1, 0.15) is 0 Å². The molecule has 2 aromatic rings. The van der Waals surface area contributed by atoms with Gasteiger partial charge < -0.3 is 5.73 Å². The first-order valence-electron chi connectivity index (χ1n) is 5.26. The molecule has 2 N–H and O–H groups in total. The van der Waals surface area contributed by atoms with Gasteiger partial charge in [-0.3, -0.25) is 0 Å². The van der Waals surface area contributed by atoms with E-state index in [0.29, 0.717) is 0 Å². The predicted octanol–water partition coefficient (Wildman–Crippen LogP) is 4.78. The fourth-order valence-electron chi connectivity index (χ4n) is 1.86. The van der Waals surface area contributed by atoms with Crippen LogP contribution in [0.1, 0.15) is 26.9 Å². The average molecular weight is 422 g/mol. The van der Waals surface area contributed by atoms with Gasteiger partial charge in [-0.2, -0.15) is 0 Å². The lowest BCUT2D eigenvalue weighted by atomic mass is 10.0. The molecule has 0 aliphatic rings. The Morgan fingerprint density at radius 3 is 2.59 bits per heavy atom. The topological polar surface area (TPSA) is 26.0 Å². The quantitative estimate of drug-likeness (QED) is 0.693. The van der Waals surface area contributed by atoms with E-state index < -0.39 is 0 Å². The van der Waals surface area contributed by atoms with Crippen molar-refractivity contribution >= 4 is 49.9 Å². The molecule has 0 amide bonds. The molecule has 4 heteroatoms. The van der Waals surface area contributed by atoms with Crippen LogP contribution >= 0.6 is 49.9 Å².